The largest absolute Gasteiger partial charge is 0.468 e. The summed E-state index contributed by atoms with van der Waals surface area (Å²) in [5.41, 5.74) is 0.368. The first-order chi connectivity index (χ1) is 11.7. The summed E-state index contributed by atoms with van der Waals surface area (Å²) >= 11 is 0. The third-order valence-electron chi connectivity index (χ3n) is 4.34. The third-order valence-corrected chi connectivity index (χ3v) is 4.34. The van der Waals surface area contributed by atoms with Gasteiger partial charge in [0.2, 0.25) is 0 Å². The molecule has 25 heavy (non-hydrogen) atoms. The van der Waals surface area contributed by atoms with Crippen LogP contribution >= 0.6 is 0 Å². The Balaban J connectivity index is 2.09. The van der Waals surface area contributed by atoms with Gasteiger partial charge in [0.25, 0.3) is 0 Å². The number of carbonyl (C=O) groups excluding carboxylic acids is 2. The molecule has 0 aliphatic carbocycles. The lowest BCUT2D eigenvalue weighted by molar-refractivity contribution is -0.147. The molecule has 1 aliphatic heterocycles. The molecule has 0 spiro atoms. The number of hydrogen-bond donors (Lipinski definition) is 0. The molecule has 0 radical (unpaired) electrons. The van der Waals surface area contributed by atoms with Crippen LogP contribution in [0.3, 0.4) is 0 Å². The lowest BCUT2D eigenvalue weighted by Crippen LogP contribution is -2.42. The van der Waals surface area contributed by atoms with Crippen LogP contribution in [0.25, 0.3) is 0 Å². The maximum absolute atomic E-state index is 12.3. The predicted molar refractivity (Wildman–Crippen MR) is 95.2 cm³/mol. The van der Waals surface area contributed by atoms with Gasteiger partial charge in [-0.2, -0.15) is 0 Å². The maximum Gasteiger partial charge on any atom is 0.410 e. The van der Waals surface area contributed by atoms with Gasteiger partial charge in [0.1, 0.15) is 11.6 Å². The summed E-state index contributed by atoms with van der Waals surface area (Å²) in [7, 11) is 3.30. The summed E-state index contributed by atoms with van der Waals surface area (Å²) < 4.78 is 10.4. The number of likely N-dealkylation sites (N-methyl/N-ethyl adjacent to an activating group) is 1. The number of rotatable bonds is 4. The Bertz CT molecular complexity index is 597. The average molecular weight is 348 g/mol. The molecule has 1 aromatic rings. The minimum atomic E-state index is -0.514. The molecular weight excluding hydrogens is 320 g/mol. The standard InChI is InChI=1S/C19H28N2O4/c1-19(2,3)25-18(23)21-12-11-15(13-21)20(4)16(17(22)24-5)14-9-7-6-8-10-14/h6-10,15-16H,11-13H2,1-5H3. The minimum Gasteiger partial charge on any atom is -0.468 e. The quantitative estimate of drug-likeness (QED) is 0.783. The zero-order valence-corrected chi connectivity index (χ0v) is 15.7. The Morgan fingerprint density at radius 3 is 2.44 bits per heavy atom. The van der Waals surface area contributed by atoms with E-state index < -0.39 is 11.6 Å². The van der Waals surface area contributed by atoms with Crippen molar-refractivity contribution in [2.45, 2.75) is 44.9 Å². The van der Waals surface area contributed by atoms with E-state index in [1.165, 1.54) is 7.11 Å². The first-order valence-electron chi connectivity index (χ1n) is 8.55. The average Bonchev–Trinajstić information content (AvgIpc) is 3.04. The van der Waals surface area contributed by atoms with Crippen molar-refractivity contribution in [1.29, 1.82) is 0 Å². The zero-order chi connectivity index (χ0) is 18.6. The van der Waals surface area contributed by atoms with Crippen LogP contribution in [-0.2, 0) is 14.3 Å². The summed E-state index contributed by atoms with van der Waals surface area (Å²) in [6.45, 7) is 6.71. The number of carbonyl (C=O) groups is 2. The highest BCUT2D eigenvalue weighted by Crippen LogP contribution is 2.27. The van der Waals surface area contributed by atoms with Crippen LogP contribution in [-0.4, -0.2) is 60.8 Å². The van der Waals surface area contributed by atoms with E-state index in [0.29, 0.717) is 13.1 Å². The number of benzene rings is 1. The van der Waals surface area contributed by atoms with Crippen molar-refractivity contribution in [3.05, 3.63) is 35.9 Å². The van der Waals surface area contributed by atoms with Crippen molar-refractivity contribution in [2.24, 2.45) is 0 Å². The third kappa shape index (κ3) is 4.95. The maximum atomic E-state index is 12.3. The number of hydrogen-bond acceptors (Lipinski definition) is 5. The normalized spacial score (nSPS) is 19.0. The highest BCUT2D eigenvalue weighted by Gasteiger charge is 2.37. The van der Waals surface area contributed by atoms with Crippen LogP contribution in [0, 0.1) is 0 Å². The fourth-order valence-corrected chi connectivity index (χ4v) is 3.06. The van der Waals surface area contributed by atoms with Crippen LogP contribution in [0.2, 0.25) is 0 Å². The van der Waals surface area contributed by atoms with E-state index in [-0.39, 0.29) is 18.1 Å². The number of likely N-dealkylation sites (tertiary alicyclic amines) is 1. The van der Waals surface area contributed by atoms with E-state index in [9.17, 15) is 9.59 Å². The molecule has 2 rings (SSSR count). The molecule has 138 valence electrons. The topological polar surface area (TPSA) is 59.1 Å². The summed E-state index contributed by atoms with van der Waals surface area (Å²) in [5, 5.41) is 0. The highest BCUT2D eigenvalue weighted by atomic mass is 16.6. The molecule has 0 aromatic heterocycles. The van der Waals surface area contributed by atoms with Gasteiger partial charge in [-0.25, -0.2) is 9.59 Å². The second kappa shape index (κ2) is 7.87. The molecule has 1 fully saturated rings. The van der Waals surface area contributed by atoms with Crippen molar-refractivity contribution in [1.82, 2.24) is 9.80 Å². The summed E-state index contributed by atoms with van der Waals surface area (Å²) in [6, 6.07) is 9.13. The van der Waals surface area contributed by atoms with Gasteiger partial charge in [-0.3, -0.25) is 4.90 Å². The summed E-state index contributed by atoms with van der Waals surface area (Å²) in [4.78, 5) is 28.3. The van der Waals surface area contributed by atoms with Gasteiger partial charge >= 0.3 is 12.1 Å². The van der Waals surface area contributed by atoms with Crippen molar-refractivity contribution < 1.29 is 19.1 Å². The molecular formula is C19H28N2O4. The van der Waals surface area contributed by atoms with Crippen molar-refractivity contribution in [3.63, 3.8) is 0 Å². The number of esters is 1. The first-order valence-corrected chi connectivity index (χ1v) is 8.55. The van der Waals surface area contributed by atoms with Gasteiger partial charge in [0.05, 0.1) is 7.11 Å². The van der Waals surface area contributed by atoms with Gasteiger partial charge in [0, 0.05) is 19.1 Å². The fraction of sp³-hybridized carbons (Fsp3) is 0.579. The smallest absolute Gasteiger partial charge is 0.410 e. The van der Waals surface area contributed by atoms with Crippen LogP contribution < -0.4 is 0 Å². The van der Waals surface area contributed by atoms with Crippen LogP contribution in [0.4, 0.5) is 4.79 Å². The molecule has 2 atom stereocenters. The lowest BCUT2D eigenvalue weighted by atomic mass is 10.0. The molecule has 2 unspecified atom stereocenters. The van der Waals surface area contributed by atoms with Crippen molar-refractivity contribution in [2.75, 3.05) is 27.2 Å². The zero-order valence-electron chi connectivity index (χ0n) is 15.7. The molecule has 0 saturated carbocycles. The fourth-order valence-electron chi connectivity index (χ4n) is 3.06. The Morgan fingerprint density at radius 1 is 1.24 bits per heavy atom. The highest BCUT2D eigenvalue weighted by molar-refractivity contribution is 5.77. The van der Waals surface area contributed by atoms with Crippen LogP contribution in [0.15, 0.2) is 30.3 Å². The van der Waals surface area contributed by atoms with E-state index in [1.54, 1.807) is 4.90 Å². The molecule has 1 aromatic carbocycles. The molecule has 6 nitrogen and oxygen atoms in total. The Labute approximate surface area is 149 Å². The Kier molecular flexibility index (Phi) is 6.06. The Morgan fingerprint density at radius 2 is 1.88 bits per heavy atom. The van der Waals surface area contributed by atoms with Crippen molar-refractivity contribution in [3.8, 4) is 0 Å². The summed E-state index contributed by atoms with van der Waals surface area (Å²) in [6.07, 6.45) is 0.480. The van der Waals surface area contributed by atoms with Gasteiger partial charge < -0.3 is 14.4 Å². The molecule has 1 amide bonds. The van der Waals surface area contributed by atoms with Gasteiger partial charge in [0.15, 0.2) is 0 Å². The number of amides is 1. The van der Waals surface area contributed by atoms with E-state index in [2.05, 4.69) is 0 Å². The van der Waals surface area contributed by atoms with Crippen LogP contribution in [0.5, 0.6) is 0 Å². The second-order valence-corrected chi connectivity index (χ2v) is 7.37. The van der Waals surface area contributed by atoms with Gasteiger partial charge in [-0.1, -0.05) is 30.3 Å². The van der Waals surface area contributed by atoms with E-state index >= 15 is 0 Å². The van der Waals surface area contributed by atoms with E-state index in [0.717, 1.165) is 12.0 Å². The number of nitrogens with zero attached hydrogens (tertiary/aromatic N) is 2. The number of methoxy groups -OCH3 is 1. The lowest BCUT2D eigenvalue weighted by Gasteiger charge is -2.31. The summed E-state index contributed by atoms with van der Waals surface area (Å²) in [5.74, 6) is -0.301. The number of ether oxygens (including phenoxy) is 2. The minimum absolute atomic E-state index is 0.0665. The molecule has 1 saturated heterocycles. The second-order valence-electron chi connectivity index (χ2n) is 7.37. The molecule has 1 heterocycles. The SMILES string of the molecule is COC(=O)C(c1ccccc1)N(C)C1CCN(C(=O)OC(C)(C)C)C1. The van der Waals surface area contributed by atoms with E-state index in [1.807, 2.05) is 63.1 Å². The van der Waals surface area contributed by atoms with Gasteiger partial charge in [-0.05, 0) is 39.8 Å². The van der Waals surface area contributed by atoms with E-state index in [4.69, 9.17) is 9.47 Å². The molecule has 1 aliphatic rings. The van der Waals surface area contributed by atoms with Crippen molar-refractivity contribution >= 4 is 12.1 Å². The van der Waals surface area contributed by atoms with Crippen LogP contribution in [0.1, 0.15) is 38.8 Å². The monoisotopic (exact) mass is 348 g/mol. The first kappa shape index (κ1) is 19.2. The predicted octanol–water partition coefficient (Wildman–Crippen LogP) is 2.84. The molecule has 6 heteroatoms. The molecule has 0 N–H and O–H groups in total. The van der Waals surface area contributed by atoms with Gasteiger partial charge in [-0.15, -0.1) is 0 Å². The molecule has 0 bridgehead atoms. The Hall–Kier alpha value is -2.08.